The quantitative estimate of drug-likeness (QED) is 0.325. The SMILES string of the molecule is O=C(NC(Cc1ccc(-c2c(Cl)cc(F)cc2Cl)c2cccnc12)C(=O)O)c1c(F)cccc1F. The Morgan fingerprint density at radius 2 is 1.63 bits per heavy atom. The minimum atomic E-state index is -1.52. The molecule has 2 N–H and O–H groups in total. The lowest BCUT2D eigenvalue weighted by molar-refractivity contribution is -0.139. The lowest BCUT2D eigenvalue weighted by Gasteiger charge is -2.18. The first kappa shape index (κ1) is 24.5. The van der Waals surface area contributed by atoms with Gasteiger partial charge < -0.3 is 10.4 Å². The van der Waals surface area contributed by atoms with Crippen LogP contribution >= 0.6 is 23.2 Å². The Morgan fingerprint density at radius 3 is 2.26 bits per heavy atom. The normalized spacial score (nSPS) is 11.9. The van der Waals surface area contributed by atoms with Gasteiger partial charge in [0.1, 0.15) is 29.1 Å². The highest BCUT2D eigenvalue weighted by molar-refractivity contribution is 6.39. The fourth-order valence-corrected chi connectivity index (χ4v) is 4.44. The van der Waals surface area contributed by atoms with Crippen LogP contribution in [0.5, 0.6) is 0 Å². The Kier molecular flexibility index (Phi) is 6.95. The van der Waals surface area contributed by atoms with Gasteiger partial charge in [-0.2, -0.15) is 0 Å². The van der Waals surface area contributed by atoms with Gasteiger partial charge in [-0.25, -0.2) is 18.0 Å². The van der Waals surface area contributed by atoms with Crippen LogP contribution in [0.2, 0.25) is 10.0 Å². The molecule has 1 unspecified atom stereocenters. The number of amides is 1. The number of carbonyl (C=O) groups is 2. The van der Waals surface area contributed by atoms with Crippen molar-refractivity contribution in [2.45, 2.75) is 12.5 Å². The molecule has 0 aliphatic heterocycles. The number of carbonyl (C=O) groups excluding carboxylic acids is 1. The van der Waals surface area contributed by atoms with Gasteiger partial charge in [0.05, 0.1) is 15.6 Å². The van der Waals surface area contributed by atoms with Crippen LogP contribution in [-0.2, 0) is 11.2 Å². The average molecular weight is 519 g/mol. The molecule has 5 nitrogen and oxygen atoms in total. The van der Waals surface area contributed by atoms with Crippen molar-refractivity contribution in [3.63, 3.8) is 0 Å². The fraction of sp³-hybridized carbons (Fsp3) is 0.0800. The first-order valence-corrected chi connectivity index (χ1v) is 10.9. The molecule has 1 atom stereocenters. The Balaban J connectivity index is 1.73. The van der Waals surface area contributed by atoms with Gasteiger partial charge in [-0.05, 0) is 41.5 Å². The highest BCUT2D eigenvalue weighted by atomic mass is 35.5. The van der Waals surface area contributed by atoms with Crippen molar-refractivity contribution in [2.24, 2.45) is 0 Å². The van der Waals surface area contributed by atoms with Crippen LogP contribution in [-0.4, -0.2) is 28.0 Å². The van der Waals surface area contributed by atoms with Crippen LogP contribution in [0, 0.1) is 17.5 Å². The van der Waals surface area contributed by atoms with Gasteiger partial charge in [0.2, 0.25) is 0 Å². The summed E-state index contributed by atoms with van der Waals surface area (Å²) in [6.45, 7) is 0. The molecule has 1 amide bonds. The van der Waals surface area contributed by atoms with Gasteiger partial charge in [0.25, 0.3) is 5.91 Å². The van der Waals surface area contributed by atoms with Crippen molar-refractivity contribution in [3.8, 4) is 11.1 Å². The summed E-state index contributed by atoms with van der Waals surface area (Å²) in [5.41, 5.74) is 0.853. The molecule has 35 heavy (non-hydrogen) atoms. The summed E-state index contributed by atoms with van der Waals surface area (Å²) in [5.74, 6) is -5.44. The minimum absolute atomic E-state index is 0.0792. The van der Waals surface area contributed by atoms with E-state index in [4.69, 9.17) is 23.2 Å². The number of hydrogen-bond acceptors (Lipinski definition) is 3. The van der Waals surface area contributed by atoms with Crippen molar-refractivity contribution in [1.82, 2.24) is 10.3 Å². The standard InChI is InChI=1S/C25H15Cl2F3N2O3/c26-16-10-13(28)11-17(27)21(16)14-7-6-12(23-15(14)3-2-8-31-23)9-20(25(34)35)32-24(33)22-18(29)4-1-5-19(22)30/h1-8,10-11,20H,9H2,(H,32,33)(H,34,35). The molecule has 1 heterocycles. The first-order chi connectivity index (χ1) is 16.7. The Bertz CT molecular complexity index is 1440. The number of pyridine rings is 1. The Hall–Kier alpha value is -3.62. The Morgan fingerprint density at radius 1 is 0.971 bits per heavy atom. The van der Waals surface area contributed by atoms with Crippen LogP contribution < -0.4 is 5.32 Å². The average Bonchev–Trinajstić information content (AvgIpc) is 2.79. The number of nitrogens with zero attached hydrogens (tertiary/aromatic N) is 1. The third kappa shape index (κ3) is 4.94. The highest BCUT2D eigenvalue weighted by Gasteiger charge is 2.26. The van der Waals surface area contributed by atoms with Crippen molar-refractivity contribution < 1.29 is 27.9 Å². The lowest BCUT2D eigenvalue weighted by Crippen LogP contribution is -2.43. The van der Waals surface area contributed by atoms with E-state index in [0.717, 1.165) is 30.3 Å². The summed E-state index contributed by atoms with van der Waals surface area (Å²) < 4.78 is 41.6. The van der Waals surface area contributed by atoms with E-state index in [9.17, 15) is 27.9 Å². The molecule has 178 valence electrons. The number of carboxylic acid groups (broad SMARTS) is 1. The third-order valence-electron chi connectivity index (χ3n) is 5.35. The van der Waals surface area contributed by atoms with E-state index in [2.05, 4.69) is 10.3 Å². The first-order valence-electron chi connectivity index (χ1n) is 10.2. The topological polar surface area (TPSA) is 79.3 Å². The maximum absolute atomic E-state index is 14.0. The van der Waals surface area contributed by atoms with Crippen molar-refractivity contribution in [1.29, 1.82) is 0 Å². The van der Waals surface area contributed by atoms with Crippen molar-refractivity contribution >= 4 is 46.0 Å². The van der Waals surface area contributed by atoms with E-state index in [1.165, 1.54) is 6.20 Å². The number of aliphatic carboxylic acids is 1. The van der Waals surface area contributed by atoms with E-state index in [1.807, 2.05) is 0 Å². The number of fused-ring (bicyclic) bond motifs is 1. The van der Waals surface area contributed by atoms with Gasteiger partial charge >= 0.3 is 5.97 Å². The van der Waals surface area contributed by atoms with Crippen LogP contribution in [0.25, 0.3) is 22.0 Å². The molecule has 0 fully saturated rings. The summed E-state index contributed by atoms with van der Waals surface area (Å²) in [5, 5.41) is 12.6. The predicted octanol–water partition coefficient (Wildman–Crippen LogP) is 6.05. The molecular formula is C25H15Cl2F3N2O3. The molecule has 0 aliphatic carbocycles. The van der Waals surface area contributed by atoms with E-state index >= 15 is 0 Å². The second-order valence-electron chi connectivity index (χ2n) is 7.58. The summed E-state index contributed by atoms with van der Waals surface area (Å²) in [7, 11) is 0. The largest absolute Gasteiger partial charge is 0.480 e. The number of halogens is 5. The zero-order valence-electron chi connectivity index (χ0n) is 17.7. The molecule has 0 radical (unpaired) electrons. The maximum atomic E-state index is 14.0. The molecule has 0 saturated carbocycles. The van der Waals surface area contributed by atoms with Gasteiger partial charge in [0, 0.05) is 23.6 Å². The van der Waals surface area contributed by atoms with E-state index in [0.29, 0.717) is 27.6 Å². The third-order valence-corrected chi connectivity index (χ3v) is 5.94. The fourth-order valence-electron chi connectivity index (χ4n) is 3.78. The van der Waals surface area contributed by atoms with E-state index in [1.54, 1.807) is 24.3 Å². The Labute approximate surface area is 207 Å². The molecule has 3 aromatic carbocycles. The zero-order valence-corrected chi connectivity index (χ0v) is 19.2. The molecule has 4 rings (SSSR count). The predicted molar refractivity (Wildman–Crippen MR) is 126 cm³/mol. The smallest absolute Gasteiger partial charge is 0.326 e. The number of benzene rings is 3. The molecule has 0 spiro atoms. The number of rotatable bonds is 6. The van der Waals surface area contributed by atoms with Gasteiger partial charge in [-0.15, -0.1) is 0 Å². The minimum Gasteiger partial charge on any atom is -0.480 e. The number of carboxylic acids is 1. The maximum Gasteiger partial charge on any atom is 0.326 e. The summed E-state index contributed by atoms with van der Waals surface area (Å²) >= 11 is 12.5. The van der Waals surface area contributed by atoms with Crippen LogP contribution in [0.3, 0.4) is 0 Å². The highest BCUT2D eigenvalue weighted by Crippen LogP contribution is 2.39. The van der Waals surface area contributed by atoms with Crippen molar-refractivity contribution in [2.75, 3.05) is 0 Å². The lowest BCUT2D eigenvalue weighted by atomic mass is 9.95. The number of aromatic nitrogens is 1. The number of nitrogens with one attached hydrogen (secondary N) is 1. The second kappa shape index (κ2) is 9.93. The molecule has 0 aliphatic rings. The van der Waals surface area contributed by atoms with Crippen molar-refractivity contribution in [3.05, 3.63) is 99.4 Å². The van der Waals surface area contributed by atoms with Crippen LogP contribution in [0.1, 0.15) is 15.9 Å². The molecule has 10 heteroatoms. The molecule has 0 bridgehead atoms. The molecule has 1 aromatic heterocycles. The van der Waals surface area contributed by atoms with E-state index < -0.39 is 40.9 Å². The zero-order chi connectivity index (χ0) is 25.3. The molecule has 0 saturated heterocycles. The van der Waals surface area contributed by atoms with E-state index in [-0.39, 0.29) is 16.5 Å². The van der Waals surface area contributed by atoms with Gasteiger partial charge in [-0.3, -0.25) is 9.78 Å². The summed E-state index contributed by atoms with van der Waals surface area (Å²) in [6.07, 6.45) is 1.25. The monoisotopic (exact) mass is 518 g/mol. The van der Waals surface area contributed by atoms with Gasteiger partial charge in [-0.1, -0.05) is 47.5 Å². The molecule has 4 aromatic rings. The number of hydrogen-bond donors (Lipinski definition) is 2. The summed E-state index contributed by atoms with van der Waals surface area (Å²) in [6, 6.07) is 10.2. The summed E-state index contributed by atoms with van der Waals surface area (Å²) in [4.78, 5) is 28.7. The van der Waals surface area contributed by atoms with Crippen LogP contribution in [0.15, 0.2) is 60.8 Å². The van der Waals surface area contributed by atoms with Crippen LogP contribution in [0.4, 0.5) is 13.2 Å². The molecular weight excluding hydrogens is 504 g/mol. The second-order valence-corrected chi connectivity index (χ2v) is 8.40. The van der Waals surface area contributed by atoms with Gasteiger partial charge in [0.15, 0.2) is 0 Å².